The van der Waals surface area contributed by atoms with E-state index in [0.29, 0.717) is 11.7 Å². The summed E-state index contributed by atoms with van der Waals surface area (Å²) >= 11 is 0. The number of carbonyl (C=O) groups is 1. The van der Waals surface area contributed by atoms with Crippen molar-refractivity contribution < 1.29 is 18.1 Å². The summed E-state index contributed by atoms with van der Waals surface area (Å²) in [6.07, 6.45) is 9.47. The molecule has 1 heterocycles. The highest BCUT2D eigenvalue weighted by Crippen LogP contribution is 2.28. The molecular weight excluding hydrogens is 484 g/mol. The molecule has 1 amide bonds. The minimum atomic E-state index is -0.583. The Balaban J connectivity index is 0.000000215. The van der Waals surface area contributed by atoms with Gasteiger partial charge in [-0.2, -0.15) is 4.98 Å². The molecule has 1 aliphatic carbocycles. The zero-order valence-electron chi connectivity index (χ0n) is 22.9. The van der Waals surface area contributed by atoms with Gasteiger partial charge in [-0.3, -0.25) is 4.79 Å². The Kier molecular flexibility index (Phi) is 11.9. The summed E-state index contributed by atoms with van der Waals surface area (Å²) in [4.78, 5) is 16.3. The van der Waals surface area contributed by atoms with Gasteiger partial charge in [0.1, 0.15) is 11.6 Å². The molecule has 4 rings (SSSR count). The third kappa shape index (κ3) is 8.47. The van der Waals surface area contributed by atoms with Gasteiger partial charge in [-0.05, 0) is 49.8 Å². The third-order valence-electron chi connectivity index (χ3n) is 7.08. The van der Waals surface area contributed by atoms with Crippen LogP contribution in [0.25, 0.3) is 0 Å². The molecule has 1 atom stereocenters. The van der Waals surface area contributed by atoms with E-state index in [-0.39, 0.29) is 35.8 Å². The topological polar surface area (TPSA) is 68.0 Å². The SMILES string of the molecule is CCCC(CCC)c1nc(Cc2c(F)cccc2F)no1.CCCC(NC(=O)C1CCC1)c1ccccc1. The number of amides is 1. The van der Waals surface area contributed by atoms with Gasteiger partial charge >= 0.3 is 0 Å². The van der Waals surface area contributed by atoms with E-state index in [0.717, 1.165) is 51.4 Å². The monoisotopic (exact) mass is 525 g/mol. The Morgan fingerprint density at radius 1 is 0.947 bits per heavy atom. The second kappa shape index (κ2) is 15.4. The predicted octanol–water partition coefficient (Wildman–Crippen LogP) is 8.07. The van der Waals surface area contributed by atoms with Crippen LogP contribution in [0.15, 0.2) is 53.1 Å². The fraction of sp³-hybridized carbons (Fsp3) is 0.516. The maximum atomic E-state index is 13.6. The Hall–Kier alpha value is -3.09. The Bertz CT molecular complexity index is 1090. The molecule has 2 aromatic carbocycles. The van der Waals surface area contributed by atoms with Crippen LogP contribution < -0.4 is 5.32 Å². The molecular formula is C31H41F2N3O2. The van der Waals surface area contributed by atoms with Crippen molar-refractivity contribution in [3.05, 3.63) is 83.0 Å². The van der Waals surface area contributed by atoms with Crippen molar-refractivity contribution in [1.82, 2.24) is 15.5 Å². The highest BCUT2D eigenvalue weighted by Gasteiger charge is 2.27. The van der Waals surface area contributed by atoms with Gasteiger partial charge in [0.05, 0.1) is 6.04 Å². The number of nitrogens with zero attached hydrogens (tertiary/aromatic N) is 2. The van der Waals surface area contributed by atoms with E-state index in [1.807, 2.05) is 18.2 Å². The molecule has 0 aliphatic heterocycles. The lowest BCUT2D eigenvalue weighted by molar-refractivity contribution is -0.128. The maximum absolute atomic E-state index is 13.6. The van der Waals surface area contributed by atoms with Gasteiger partial charge in [-0.1, -0.05) is 88.0 Å². The third-order valence-corrected chi connectivity index (χ3v) is 7.08. The molecule has 1 aliphatic rings. The van der Waals surface area contributed by atoms with Crippen LogP contribution in [0.5, 0.6) is 0 Å². The lowest BCUT2D eigenvalue weighted by atomic mass is 9.84. The molecule has 1 aromatic heterocycles. The molecule has 0 spiro atoms. The highest BCUT2D eigenvalue weighted by molar-refractivity contribution is 5.79. The van der Waals surface area contributed by atoms with Crippen molar-refractivity contribution in [3.8, 4) is 0 Å². The number of rotatable bonds is 12. The quantitative estimate of drug-likeness (QED) is 0.260. The molecule has 206 valence electrons. The van der Waals surface area contributed by atoms with Gasteiger partial charge in [-0.25, -0.2) is 8.78 Å². The van der Waals surface area contributed by atoms with Crippen LogP contribution in [-0.2, 0) is 11.2 Å². The first-order valence-corrected chi connectivity index (χ1v) is 14.1. The van der Waals surface area contributed by atoms with Crippen LogP contribution in [0.4, 0.5) is 8.78 Å². The van der Waals surface area contributed by atoms with E-state index >= 15 is 0 Å². The zero-order valence-corrected chi connectivity index (χ0v) is 22.9. The first-order chi connectivity index (χ1) is 18.5. The Morgan fingerprint density at radius 3 is 2.13 bits per heavy atom. The van der Waals surface area contributed by atoms with E-state index in [2.05, 4.69) is 48.4 Å². The standard InChI is InChI=1S/C16H20F2N2O.C15H21NO/c1-3-6-11(7-4-2)16-19-15(20-21-16)10-12-13(17)8-5-9-14(12)18;1-2-7-14(12-8-4-3-5-9-12)16-15(17)13-10-6-11-13/h5,8-9,11H,3-4,6-7,10H2,1-2H3;3-5,8-9,13-14H,2,6-7,10-11H2,1H3,(H,16,17). The number of hydrogen-bond acceptors (Lipinski definition) is 4. The van der Waals surface area contributed by atoms with Crippen LogP contribution in [0.1, 0.15) is 113 Å². The Labute approximate surface area is 225 Å². The number of benzene rings is 2. The van der Waals surface area contributed by atoms with Crippen molar-refractivity contribution in [2.24, 2.45) is 5.92 Å². The summed E-state index contributed by atoms with van der Waals surface area (Å²) < 4.78 is 32.5. The van der Waals surface area contributed by atoms with Crippen LogP contribution in [0.2, 0.25) is 0 Å². The molecule has 7 heteroatoms. The smallest absolute Gasteiger partial charge is 0.229 e. The summed E-state index contributed by atoms with van der Waals surface area (Å²) in [7, 11) is 0. The van der Waals surface area contributed by atoms with E-state index in [4.69, 9.17) is 4.52 Å². The fourth-order valence-electron chi connectivity index (χ4n) is 4.71. The maximum Gasteiger partial charge on any atom is 0.229 e. The first-order valence-electron chi connectivity index (χ1n) is 14.1. The molecule has 38 heavy (non-hydrogen) atoms. The minimum absolute atomic E-state index is 0.00692. The summed E-state index contributed by atoms with van der Waals surface area (Å²) in [5, 5.41) is 7.06. The van der Waals surface area contributed by atoms with Crippen LogP contribution in [-0.4, -0.2) is 16.0 Å². The first kappa shape index (κ1) is 29.5. The minimum Gasteiger partial charge on any atom is -0.349 e. The summed E-state index contributed by atoms with van der Waals surface area (Å²) in [6.45, 7) is 6.37. The van der Waals surface area contributed by atoms with Crippen molar-refractivity contribution in [2.45, 2.75) is 96.9 Å². The number of hydrogen-bond donors (Lipinski definition) is 1. The lowest BCUT2D eigenvalue weighted by Gasteiger charge is -2.27. The second-order valence-corrected chi connectivity index (χ2v) is 10.1. The second-order valence-electron chi connectivity index (χ2n) is 10.1. The van der Waals surface area contributed by atoms with Crippen LogP contribution in [0, 0.1) is 17.6 Å². The lowest BCUT2D eigenvalue weighted by Crippen LogP contribution is -2.36. The van der Waals surface area contributed by atoms with Crippen molar-refractivity contribution >= 4 is 5.91 Å². The van der Waals surface area contributed by atoms with E-state index in [9.17, 15) is 13.6 Å². The summed E-state index contributed by atoms with van der Waals surface area (Å²) in [5.74, 6) is 0.486. The van der Waals surface area contributed by atoms with Gasteiger partial charge in [0.15, 0.2) is 5.82 Å². The normalized spacial score (nSPS) is 13.9. The van der Waals surface area contributed by atoms with Gasteiger partial charge in [0, 0.05) is 23.8 Å². The van der Waals surface area contributed by atoms with Crippen molar-refractivity contribution in [2.75, 3.05) is 0 Å². The number of nitrogens with one attached hydrogen (secondary N) is 1. The van der Waals surface area contributed by atoms with E-state index in [1.54, 1.807) is 0 Å². The Morgan fingerprint density at radius 2 is 1.58 bits per heavy atom. The van der Waals surface area contributed by atoms with E-state index in [1.165, 1.54) is 30.2 Å². The number of aromatic nitrogens is 2. The fourth-order valence-corrected chi connectivity index (χ4v) is 4.71. The van der Waals surface area contributed by atoms with Crippen molar-refractivity contribution in [1.29, 1.82) is 0 Å². The molecule has 0 radical (unpaired) electrons. The number of halogens is 2. The molecule has 1 saturated carbocycles. The molecule has 1 N–H and O–H groups in total. The largest absolute Gasteiger partial charge is 0.349 e. The molecule has 3 aromatic rings. The van der Waals surface area contributed by atoms with Gasteiger partial charge in [-0.15, -0.1) is 0 Å². The average Bonchev–Trinajstić information content (AvgIpc) is 3.34. The summed E-state index contributed by atoms with van der Waals surface area (Å²) in [6, 6.07) is 14.3. The van der Waals surface area contributed by atoms with E-state index < -0.39 is 11.6 Å². The molecule has 0 bridgehead atoms. The molecule has 5 nitrogen and oxygen atoms in total. The molecule has 0 saturated heterocycles. The predicted molar refractivity (Wildman–Crippen MR) is 146 cm³/mol. The van der Waals surface area contributed by atoms with Crippen LogP contribution in [0.3, 0.4) is 0 Å². The molecule has 1 fully saturated rings. The number of carbonyl (C=O) groups excluding carboxylic acids is 1. The van der Waals surface area contributed by atoms with Crippen molar-refractivity contribution in [3.63, 3.8) is 0 Å². The van der Waals surface area contributed by atoms with Crippen LogP contribution >= 0.6 is 0 Å². The average molecular weight is 526 g/mol. The zero-order chi connectivity index (χ0) is 27.3. The van der Waals surface area contributed by atoms with Gasteiger partial charge in [0.2, 0.25) is 11.8 Å². The summed E-state index contributed by atoms with van der Waals surface area (Å²) in [5.41, 5.74) is 1.20. The van der Waals surface area contributed by atoms with Gasteiger partial charge in [0.25, 0.3) is 0 Å². The van der Waals surface area contributed by atoms with Gasteiger partial charge < -0.3 is 9.84 Å². The molecule has 1 unspecified atom stereocenters. The highest BCUT2D eigenvalue weighted by atomic mass is 19.1.